The highest BCUT2D eigenvalue weighted by Crippen LogP contribution is 2.34. The molecule has 1 atom stereocenters. The predicted molar refractivity (Wildman–Crippen MR) is 117 cm³/mol. The molecule has 2 aromatic rings. The van der Waals surface area contributed by atoms with Crippen LogP contribution in [0.2, 0.25) is 0 Å². The first-order chi connectivity index (χ1) is 15.5. The number of likely N-dealkylation sites (tertiary alicyclic amines) is 1. The van der Waals surface area contributed by atoms with Gasteiger partial charge in [-0.15, -0.1) is 0 Å². The molecule has 0 radical (unpaired) electrons. The van der Waals surface area contributed by atoms with E-state index in [-0.39, 0.29) is 18.7 Å². The number of carbonyl (C=O) groups is 3. The Balaban J connectivity index is 1.22. The van der Waals surface area contributed by atoms with Crippen molar-refractivity contribution in [2.24, 2.45) is 5.92 Å². The van der Waals surface area contributed by atoms with E-state index < -0.39 is 18.0 Å². The van der Waals surface area contributed by atoms with Gasteiger partial charge in [0.2, 0.25) is 6.79 Å². The highest BCUT2D eigenvalue weighted by molar-refractivity contribution is 5.95. The van der Waals surface area contributed by atoms with Gasteiger partial charge in [0.1, 0.15) is 0 Å². The Morgan fingerprint density at radius 1 is 0.969 bits per heavy atom. The number of para-hydroxylation sites is 1. The molecular formula is C23H25N3O6. The molecule has 32 heavy (non-hydrogen) atoms. The Bertz CT molecular complexity index is 988. The Morgan fingerprint density at radius 2 is 1.69 bits per heavy atom. The van der Waals surface area contributed by atoms with Crippen LogP contribution in [0.25, 0.3) is 0 Å². The molecule has 9 nitrogen and oxygen atoms in total. The molecule has 0 aromatic heterocycles. The first kappa shape index (κ1) is 21.5. The van der Waals surface area contributed by atoms with Crippen molar-refractivity contribution in [3.8, 4) is 11.5 Å². The molecule has 1 saturated heterocycles. The minimum Gasteiger partial charge on any atom is -0.454 e. The van der Waals surface area contributed by atoms with Gasteiger partial charge in [-0.3, -0.25) is 9.59 Å². The van der Waals surface area contributed by atoms with E-state index >= 15 is 0 Å². The molecule has 4 rings (SSSR count). The lowest BCUT2D eigenvalue weighted by Crippen LogP contribution is -2.43. The van der Waals surface area contributed by atoms with E-state index in [1.165, 1.54) is 6.92 Å². The summed E-state index contributed by atoms with van der Waals surface area (Å²) < 4.78 is 15.9. The fourth-order valence-corrected chi connectivity index (χ4v) is 3.58. The van der Waals surface area contributed by atoms with Gasteiger partial charge in [-0.05, 0) is 44.0 Å². The number of hydrogen-bond acceptors (Lipinski definition) is 6. The molecule has 0 aliphatic carbocycles. The van der Waals surface area contributed by atoms with E-state index in [4.69, 9.17) is 14.2 Å². The maximum absolute atomic E-state index is 12.5. The van der Waals surface area contributed by atoms with Gasteiger partial charge in [0.05, 0.1) is 5.92 Å². The number of benzene rings is 2. The third-order valence-electron chi connectivity index (χ3n) is 5.44. The van der Waals surface area contributed by atoms with Crippen LogP contribution < -0.4 is 20.1 Å². The smallest absolute Gasteiger partial charge is 0.321 e. The maximum atomic E-state index is 12.5. The van der Waals surface area contributed by atoms with Crippen molar-refractivity contribution >= 4 is 29.3 Å². The zero-order valence-corrected chi connectivity index (χ0v) is 17.7. The van der Waals surface area contributed by atoms with Crippen molar-refractivity contribution in [2.75, 3.05) is 30.5 Å². The van der Waals surface area contributed by atoms with Crippen LogP contribution in [0.1, 0.15) is 19.8 Å². The van der Waals surface area contributed by atoms with Crippen molar-refractivity contribution in [3.63, 3.8) is 0 Å². The minimum absolute atomic E-state index is 0.146. The van der Waals surface area contributed by atoms with Crippen molar-refractivity contribution in [1.29, 1.82) is 0 Å². The summed E-state index contributed by atoms with van der Waals surface area (Å²) >= 11 is 0. The lowest BCUT2D eigenvalue weighted by molar-refractivity contribution is -0.158. The Labute approximate surface area is 185 Å². The fraction of sp³-hybridized carbons (Fsp3) is 0.348. The topological polar surface area (TPSA) is 106 Å². The number of piperidine rings is 1. The predicted octanol–water partition coefficient (Wildman–Crippen LogP) is 3.23. The number of nitrogens with zero attached hydrogens (tertiary/aromatic N) is 1. The Kier molecular flexibility index (Phi) is 6.44. The van der Waals surface area contributed by atoms with Crippen LogP contribution in [0, 0.1) is 5.92 Å². The number of carbonyl (C=O) groups excluding carboxylic acids is 3. The molecule has 0 bridgehead atoms. The number of rotatable bonds is 5. The third-order valence-corrected chi connectivity index (χ3v) is 5.44. The number of ether oxygens (including phenoxy) is 3. The monoisotopic (exact) mass is 439 g/mol. The quantitative estimate of drug-likeness (QED) is 0.693. The van der Waals surface area contributed by atoms with Crippen molar-refractivity contribution in [3.05, 3.63) is 48.5 Å². The van der Waals surface area contributed by atoms with Crippen LogP contribution in [0.3, 0.4) is 0 Å². The molecular weight excluding hydrogens is 414 g/mol. The van der Waals surface area contributed by atoms with Crippen molar-refractivity contribution < 1.29 is 28.6 Å². The van der Waals surface area contributed by atoms with Gasteiger partial charge in [0, 0.05) is 30.5 Å². The summed E-state index contributed by atoms with van der Waals surface area (Å²) in [6.07, 6.45) is 0.0158. The van der Waals surface area contributed by atoms with Crippen molar-refractivity contribution in [2.45, 2.75) is 25.9 Å². The number of nitrogens with one attached hydrogen (secondary N) is 2. The molecule has 2 aliphatic rings. The summed E-state index contributed by atoms with van der Waals surface area (Å²) in [5.74, 6) is -0.0447. The molecule has 2 aliphatic heterocycles. The summed E-state index contributed by atoms with van der Waals surface area (Å²) in [6, 6.07) is 14.1. The lowest BCUT2D eigenvalue weighted by atomic mass is 9.97. The fourth-order valence-electron chi connectivity index (χ4n) is 3.58. The van der Waals surface area contributed by atoms with Gasteiger partial charge in [0.15, 0.2) is 17.6 Å². The second-order valence-electron chi connectivity index (χ2n) is 7.69. The van der Waals surface area contributed by atoms with E-state index in [1.54, 1.807) is 23.1 Å². The Morgan fingerprint density at radius 3 is 2.44 bits per heavy atom. The van der Waals surface area contributed by atoms with Crippen LogP contribution in [-0.2, 0) is 14.3 Å². The summed E-state index contributed by atoms with van der Waals surface area (Å²) in [4.78, 5) is 39.0. The van der Waals surface area contributed by atoms with Crippen LogP contribution in [0.5, 0.6) is 11.5 Å². The number of anilines is 2. The second-order valence-corrected chi connectivity index (χ2v) is 7.69. The molecule has 1 unspecified atom stereocenters. The number of esters is 1. The van der Waals surface area contributed by atoms with Gasteiger partial charge in [-0.25, -0.2) is 4.79 Å². The standard InChI is InChI=1S/C23H25N3O6/c1-15(21(27)24-18-7-8-19-20(13-18)31-14-30-19)32-22(28)16-9-11-26(12-10-16)23(29)25-17-5-3-2-4-6-17/h2-8,13,15-16H,9-12,14H2,1H3,(H,24,27)(H,25,29). The molecule has 0 saturated carbocycles. The van der Waals surface area contributed by atoms with Crippen LogP contribution in [0.15, 0.2) is 48.5 Å². The van der Waals surface area contributed by atoms with E-state index in [1.807, 2.05) is 30.3 Å². The molecule has 3 amide bonds. The number of hydrogen-bond donors (Lipinski definition) is 2. The average molecular weight is 439 g/mol. The summed E-state index contributed by atoms with van der Waals surface area (Å²) in [5.41, 5.74) is 1.25. The van der Waals surface area contributed by atoms with E-state index in [2.05, 4.69) is 10.6 Å². The lowest BCUT2D eigenvalue weighted by Gasteiger charge is -2.31. The van der Waals surface area contributed by atoms with Crippen LogP contribution >= 0.6 is 0 Å². The number of urea groups is 1. The highest BCUT2D eigenvalue weighted by Gasteiger charge is 2.30. The SMILES string of the molecule is CC(OC(=O)C1CCN(C(=O)Nc2ccccc2)CC1)C(=O)Nc1ccc2c(c1)OCO2. The Hall–Kier alpha value is -3.75. The zero-order chi connectivity index (χ0) is 22.5. The van der Waals surface area contributed by atoms with Gasteiger partial charge >= 0.3 is 12.0 Å². The first-order valence-electron chi connectivity index (χ1n) is 10.5. The molecule has 168 valence electrons. The maximum Gasteiger partial charge on any atom is 0.321 e. The first-order valence-corrected chi connectivity index (χ1v) is 10.5. The average Bonchev–Trinajstić information content (AvgIpc) is 3.27. The highest BCUT2D eigenvalue weighted by atomic mass is 16.7. The normalized spacial score (nSPS) is 16.2. The summed E-state index contributed by atoms with van der Waals surface area (Å²) in [5, 5.41) is 5.55. The number of amides is 3. The molecule has 2 heterocycles. The third kappa shape index (κ3) is 5.11. The van der Waals surface area contributed by atoms with E-state index in [0.717, 1.165) is 5.69 Å². The molecule has 2 aromatic carbocycles. The van der Waals surface area contributed by atoms with Gasteiger partial charge in [-0.2, -0.15) is 0 Å². The second kappa shape index (κ2) is 9.59. The summed E-state index contributed by atoms with van der Waals surface area (Å²) in [6.45, 7) is 2.56. The van der Waals surface area contributed by atoms with Crippen molar-refractivity contribution in [1.82, 2.24) is 4.90 Å². The number of fused-ring (bicyclic) bond motifs is 1. The van der Waals surface area contributed by atoms with Crippen LogP contribution in [0.4, 0.5) is 16.2 Å². The largest absolute Gasteiger partial charge is 0.454 e. The van der Waals surface area contributed by atoms with Gasteiger partial charge < -0.3 is 29.7 Å². The van der Waals surface area contributed by atoms with Crippen LogP contribution in [-0.4, -0.2) is 48.8 Å². The van der Waals surface area contributed by atoms with E-state index in [9.17, 15) is 14.4 Å². The molecule has 1 fully saturated rings. The minimum atomic E-state index is -0.952. The molecule has 2 N–H and O–H groups in total. The van der Waals surface area contributed by atoms with Gasteiger partial charge in [-0.1, -0.05) is 18.2 Å². The summed E-state index contributed by atoms with van der Waals surface area (Å²) in [7, 11) is 0. The van der Waals surface area contributed by atoms with E-state index in [0.29, 0.717) is 43.1 Å². The molecule has 9 heteroatoms. The van der Waals surface area contributed by atoms with Gasteiger partial charge in [0.25, 0.3) is 5.91 Å². The molecule has 0 spiro atoms. The zero-order valence-electron chi connectivity index (χ0n) is 17.7.